The average Bonchev–Trinajstić information content (AvgIpc) is 2.22. The Hall–Kier alpha value is -1.63. The summed E-state index contributed by atoms with van der Waals surface area (Å²) in [6.07, 6.45) is 0. The molecule has 5 nitrogen and oxygen atoms in total. The molecule has 2 rings (SSSR count). The largest absolute Gasteiger partial charge is 0.399 e. The molecule has 0 spiro atoms. The molecule has 1 amide bonds. The minimum Gasteiger partial charge on any atom is -0.399 e. The molecule has 1 heterocycles. The van der Waals surface area contributed by atoms with Crippen molar-refractivity contribution in [2.24, 2.45) is 0 Å². The van der Waals surface area contributed by atoms with Crippen molar-refractivity contribution in [3.63, 3.8) is 0 Å². The maximum Gasteiger partial charge on any atom is 0.263 e. The lowest BCUT2D eigenvalue weighted by atomic mass is 10.1. The van der Waals surface area contributed by atoms with E-state index in [1.807, 2.05) is 0 Å². The van der Waals surface area contributed by atoms with Gasteiger partial charge in [0.1, 0.15) is 5.82 Å². The van der Waals surface area contributed by atoms with Crippen LogP contribution in [-0.2, 0) is 14.8 Å². The summed E-state index contributed by atoms with van der Waals surface area (Å²) in [5.74, 6) is -1.46. The highest BCUT2D eigenvalue weighted by atomic mass is 32.2. The van der Waals surface area contributed by atoms with E-state index in [2.05, 4.69) is 0 Å². The number of carbonyl (C=O) groups is 1. The normalized spacial score (nSPS) is 21.1. The minimum atomic E-state index is -3.85. The van der Waals surface area contributed by atoms with Crippen LogP contribution in [0.4, 0.5) is 15.8 Å². The van der Waals surface area contributed by atoms with Crippen LogP contribution in [-0.4, -0.2) is 19.1 Å². The second-order valence-corrected chi connectivity index (χ2v) is 6.63. The lowest BCUT2D eigenvalue weighted by Crippen LogP contribution is -2.67. The van der Waals surface area contributed by atoms with Crippen LogP contribution in [0, 0.1) is 5.82 Å². The lowest BCUT2D eigenvalue weighted by Gasteiger charge is -2.42. The SMILES string of the molecule is CC1(C)C(=O)N(c2cc(N)ccc2F)S1(=O)=O. The summed E-state index contributed by atoms with van der Waals surface area (Å²) in [6.45, 7) is 2.57. The Balaban J connectivity index is 2.58. The first-order valence-corrected chi connectivity index (χ1v) is 6.28. The van der Waals surface area contributed by atoms with Gasteiger partial charge in [-0.1, -0.05) is 0 Å². The number of halogens is 1. The zero-order chi connectivity index (χ0) is 13.0. The van der Waals surface area contributed by atoms with Crippen molar-refractivity contribution in [2.45, 2.75) is 18.6 Å². The molecule has 0 unspecified atom stereocenters. The molecule has 7 heteroatoms. The zero-order valence-electron chi connectivity index (χ0n) is 9.27. The van der Waals surface area contributed by atoms with Gasteiger partial charge in [0, 0.05) is 5.69 Å². The first kappa shape index (κ1) is 11.8. The first-order chi connectivity index (χ1) is 7.69. The van der Waals surface area contributed by atoms with E-state index in [-0.39, 0.29) is 11.4 Å². The predicted molar refractivity (Wildman–Crippen MR) is 61.3 cm³/mol. The van der Waals surface area contributed by atoms with Gasteiger partial charge in [0.05, 0.1) is 5.69 Å². The quantitative estimate of drug-likeness (QED) is 0.758. The van der Waals surface area contributed by atoms with Crippen molar-refractivity contribution in [3.05, 3.63) is 24.0 Å². The number of carbonyl (C=O) groups excluding carboxylic acids is 1. The molecule has 1 aliphatic rings. The standard InChI is InChI=1S/C10H11FN2O3S/c1-10(2)9(14)13(17(10,15)16)8-5-6(12)3-4-7(8)11/h3-5H,12H2,1-2H3. The van der Waals surface area contributed by atoms with E-state index in [1.165, 1.54) is 19.9 Å². The smallest absolute Gasteiger partial charge is 0.263 e. The molecule has 1 aliphatic heterocycles. The second-order valence-electron chi connectivity index (χ2n) is 4.30. The number of rotatable bonds is 1. The van der Waals surface area contributed by atoms with Gasteiger partial charge in [-0.15, -0.1) is 0 Å². The van der Waals surface area contributed by atoms with Crippen LogP contribution in [0.2, 0.25) is 0 Å². The topological polar surface area (TPSA) is 80.5 Å². The Morgan fingerprint density at radius 1 is 1.35 bits per heavy atom. The fourth-order valence-corrected chi connectivity index (χ4v) is 3.06. The number of benzene rings is 1. The third-order valence-corrected chi connectivity index (χ3v) is 5.08. The van der Waals surface area contributed by atoms with Crippen molar-refractivity contribution in [1.29, 1.82) is 0 Å². The van der Waals surface area contributed by atoms with E-state index in [1.54, 1.807) is 0 Å². The highest BCUT2D eigenvalue weighted by Gasteiger charge is 2.61. The van der Waals surface area contributed by atoms with Crippen LogP contribution in [0.25, 0.3) is 0 Å². The van der Waals surface area contributed by atoms with Crippen molar-refractivity contribution in [1.82, 2.24) is 0 Å². The Labute approximate surface area is 98.1 Å². The number of nitrogens with two attached hydrogens (primary N) is 1. The van der Waals surface area contributed by atoms with Gasteiger partial charge in [-0.3, -0.25) is 4.79 Å². The molecule has 17 heavy (non-hydrogen) atoms. The Morgan fingerprint density at radius 3 is 2.47 bits per heavy atom. The van der Waals surface area contributed by atoms with E-state index >= 15 is 0 Å². The highest BCUT2D eigenvalue weighted by molar-refractivity contribution is 7.98. The van der Waals surface area contributed by atoms with Gasteiger partial charge in [-0.05, 0) is 32.0 Å². The van der Waals surface area contributed by atoms with Crippen LogP contribution in [0.5, 0.6) is 0 Å². The summed E-state index contributed by atoms with van der Waals surface area (Å²) in [5, 5.41) is 0. The molecule has 0 aliphatic carbocycles. The monoisotopic (exact) mass is 258 g/mol. The van der Waals surface area contributed by atoms with Crippen LogP contribution in [0.3, 0.4) is 0 Å². The third kappa shape index (κ3) is 1.35. The van der Waals surface area contributed by atoms with Gasteiger partial charge < -0.3 is 5.73 Å². The van der Waals surface area contributed by atoms with Crippen molar-refractivity contribution >= 4 is 27.3 Å². The van der Waals surface area contributed by atoms with Gasteiger partial charge >= 0.3 is 0 Å². The van der Waals surface area contributed by atoms with E-state index in [9.17, 15) is 17.6 Å². The van der Waals surface area contributed by atoms with E-state index in [0.717, 1.165) is 12.1 Å². The number of nitrogen functional groups attached to an aromatic ring is 1. The van der Waals surface area contributed by atoms with E-state index in [0.29, 0.717) is 4.31 Å². The number of hydrogen-bond donors (Lipinski definition) is 1. The number of nitrogens with zero attached hydrogens (tertiary/aromatic N) is 1. The fourth-order valence-electron chi connectivity index (χ4n) is 1.58. The predicted octanol–water partition coefficient (Wildman–Crippen LogP) is 0.863. The zero-order valence-corrected chi connectivity index (χ0v) is 10.1. The molecule has 1 aromatic rings. The molecular formula is C10H11FN2O3S. The molecule has 2 N–H and O–H groups in total. The summed E-state index contributed by atoms with van der Waals surface area (Å²) < 4.78 is 36.1. The molecule has 0 saturated carbocycles. The molecule has 1 fully saturated rings. The molecule has 92 valence electrons. The molecular weight excluding hydrogens is 247 g/mol. The molecule has 0 aromatic heterocycles. The van der Waals surface area contributed by atoms with Crippen molar-refractivity contribution in [3.8, 4) is 0 Å². The molecule has 0 radical (unpaired) electrons. The Kier molecular flexibility index (Phi) is 2.22. The van der Waals surface area contributed by atoms with Crippen LogP contribution < -0.4 is 10.0 Å². The summed E-state index contributed by atoms with van der Waals surface area (Å²) in [5.41, 5.74) is 5.31. The number of hydrogen-bond acceptors (Lipinski definition) is 4. The average molecular weight is 258 g/mol. The van der Waals surface area contributed by atoms with Gasteiger partial charge in [0.25, 0.3) is 15.9 Å². The fraction of sp³-hybridized carbons (Fsp3) is 0.300. The molecule has 0 bridgehead atoms. The highest BCUT2D eigenvalue weighted by Crippen LogP contribution is 2.40. The van der Waals surface area contributed by atoms with Crippen LogP contribution in [0.1, 0.15) is 13.8 Å². The maximum atomic E-state index is 13.5. The first-order valence-electron chi connectivity index (χ1n) is 4.84. The Bertz CT molecular complexity index is 610. The molecule has 1 saturated heterocycles. The van der Waals surface area contributed by atoms with E-state index < -0.39 is 26.5 Å². The third-order valence-electron chi connectivity index (χ3n) is 2.77. The number of sulfonamides is 1. The van der Waals surface area contributed by atoms with Gasteiger partial charge in [-0.25, -0.2) is 17.1 Å². The summed E-state index contributed by atoms with van der Waals surface area (Å²) in [7, 11) is -3.85. The summed E-state index contributed by atoms with van der Waals surface area (Å²) >= 11 is 0. The summed E-state index contributed by atoms with van der Waals surface area (Å²) in [6, 6.07) is 3.44. The van der Waals surface area contributed by atoms with Gasteiger partial charge in [0.15, 0.2) is 4.75 Å². The van der Waals surface area contributed by atoms with Gasteiger partial charge in [-0.2, -0.15) is 0 Å². The lowest BCUT2D eigenvalue weighted by molar-refractivity contribution is -0.120. The maximum absolute atomic E-state index is 13.5. The van der Waals surface area contributed by atoms with Crippen LogP contribution >= 0.6 is 0 Å². The van der Waals surface area contributed by atoms with Crippen LogP contribution in [0.15, 0.2) is 18.2 Å². The number of anilines is 2. The second kappa shape index (κ2) is 3.19. The molecule has 1 aromatic carbocycles. The summed E-state index contributed by atoms with van der Waals surface area (Å²) in [4.78, 5) is 11.7. The van der Waals surface area contributed by atoms with Crippen molar-refractivity contribution < 1.29 is 17.6 Å². The Morgan fingerprint density at radius 2 is 1.94 bits per heavy atom. The van der Waals surface area contributed by atoms with E-state index in [4.69, 9.17) is 5.73 Å². The number of amides is 1. The minimum absolute atomic E-state index is 0.189. The van der Waals surface area contributed by atoms with Gasteiger partial charge in [0.2, 0.25) is 0 Å². The molecule has 0 atom stereocenters. The van der Waals surface area contributed by atoms with Crippen molar-refractivity contribution in [2.75, 3.05) is 10.0 Å².